The van der Waals surface area contributed by atoms with Gasteiger partial charge in [0.15, 0.2) is 11.6 Å². The van der Waals surface area contributed by atoms with E-state index in [1.807, 2.05) is 13.8 Å². The SMILES string of the molecule is COC(=O)OC[C@H]1OC(Oc2nn(C(C)C)c(C)c2Cc2ccc(OC)c(F)c2F)[C@H](O)[C@@H](O)[C@@H]1O. The summed E-state index contributed by atoms with van der Waals surface area (Å²) in [5.74, 6) is -2.53. The van der Waals surface area contributed by atoms with E-state index in [9.17, 15) is 28.9 Å². The number of rotatable bonds is 8. The molecular formula is C23H30F2N2O9. The van der Waals surface area contributed by atoms with E-state index in [-0.39, 0.29) is 29.7 Å². The Balaban J connectivity index is 1.92. The van der Waals surface area contributed by atoms with Crippen LogP contribution in [0.5, 0.6) is 11.6 Å². The molecule has 2 aromatic rings. The largest absolute Gasteiger partial charge is 0.508 e. The number of hydrogen-bond acceptors (Lipinski definition) is 10. The number of carbonyl (C=O) groups excluding carboxylic acids is 1. The first-order valence-corrected chi connectivity index (χ1v) is 11.2. The van der Waals surface area contributed by atoms with E-state index in [0.29, 0.717) is 11.3 Å². The van der Waals surface area contributed by atoms with Crippen LogP contribution in [0.4, 0.5) is 13.6 Å². The lowest BCUT2D eigenvalue weighted by Gasteiger charge is -2.39. The highest BCUT2D eigenvalue weighted by Crippen LogP contribution is 2.32. The fraction of sp³-hybridized carbons (Fsp3) is 0.565. The molecule has 1 unspecified atom stereocenters. The molecule has 2 heterocycles. The first-order valence-electron chi connectivity index (χ1n) is 11.2. The zero-order chi connectivity index (χ0) is 26.7. The summed E-state index contributed by atoms with van der Waals surface area (Å²) in [6, 6.07) is 2.54. The molecule has 0 bridgehead atoms. The Labute approximate surface area is 206 Å². The maximum atomic E-state index is 14.7. The average molecular weight is 516 g/mol. The van der Waals surface area contributed by atoms with Crippen molar-refractivity contribution in [2.24, 2.45) is 0 Å². The predicted octanol–water partition coefficient (Wildman–Crippen LogP) is 1.62. The van der Waals surface area contributed by atoms with Gasteiger partial charge in [-0.3, -0.25) is 4.68 Å². The van der Waals surface area contributed by atoms with Crippen molar-refractivity contribution in [3.63, 3.8) is 0 Å². The highest BCUT2D eigenvalue weighted by molar-refractivity contribution is 5.59. The molecule has 5 atom stereocenters. The maximum Gasteiger partial charge on any atom is 0.508 e. The number of ether oxygens (including phenoxy) is 5. The third kappa shape index (κ3) is 5.53. The summed E-state index contributed by atoms with van der Waals surface area (Å²) < 4.78 is 55.9. The molecule has 1 aliphatic rings. The molecule has 0 spiro atoms. The molecule has 1 aromatic heterocycles. The Hall–Kier alpha value is -3.00. The lowest BCUT2D eigenvalue weighted by molar-refractivity contribution is -0.278. The molecule has 0 radical (unpaired) electrons. The standard InChI is InChI=1S/C23H30F2N2O9/c1-10(2)27-11(3)13(8-12-6-7-14(32-4)17(25)16(12)24)21(26-27)36-22-20(30)19(29)18(28)15(35-22)9-34-23(31)33-5/h6-7,10,15,18-20,22,28-30H,8-9H2,1-5H3/t15-,18-,19+,20-,22?/m1/s1. The van der Waals surface area contributed by atoms with Gasteiger partial charge in [0.2, 0.25) is 18.0 Å². The number of aliphatic hydroxyl groups is 3. The second kappa shape index (κ2) is 11.4. The van der Waals surface area contributed by atoms with Crippen LogP contribution in [0.1, 0.15) is 36.7 Å². The van der Waals surface area contributed by atoms with Gasteiger partial charge >= 0.3 is 6.16 Å². The Morgan fingerprint density at radius 2 is 1.83 bits per heavy atom. The lowest BCUT2D eigenvalue weighted by Crippen LogP contribution is -2.60. The highest BCUT2D eigenvalue weighted by atomic mass is 19.2. The van der Waals surface area contributed by atoms with Gasteiger partial charge in [-0.25, -0.2) is 9.18 Å². The average Bonchev–Trinajstić information content (AvgIpc) is 3.16. The number of carbonyl (C=O) groups is 1. The molecule has 0 saturated carbocycles. The monoisotopic (exact) mass is 516 g/mol. The van der Waals surface area contributed by atoms with E-state index in [2.05, 4.69) is 9.84 Å². The van der Waals surface area contributed by atoms with Crippen LogP contribution in [-0.2, 0) is 20.6 Å². The third-order valence-corrected chi connectivity index (χ3v) is 5.87. The second-order valence-electron chi connectivity index (χ2n) is 8.54. The van der Waals surface area contributed by atoms with Crippen LogP contribution in [0.2, 0.25) is 0 Å². The summed E-state index contributed by atoms with van der Waals surface area (Å²) in [5, 5.41) is 35.4. The fourth-order valence-electron chi connectivity index (χ4n) is 3.85. The van der Waals surface area contributed by atoms with Crippen LogP contribution < -0.4 is 9.47 Å². The molecule has 1 aliphatic heterocycles. The normalized spacial score (nSPS) is 24.0. The van der Waals surface area contributed by atoms with Gasteiger partial charge in [0.1, 0.15) is 31.0 Å². The number of halogens is 2. The number of methoxy groups -OCH3 is 2. The number of hydrogen-bond donors (Lipinski definition) is 3. The molecule has 0 aliphatic carbocycles. The fourth-order valence-corrected chi connectivity index (χ4v) is 3.85. The van der Waals surface area contributed by atoms with Crippen LogP contribution in [0, 0.1) is 18.6 Å². The lowest BCUT2D eigenvalue weighted by atomic mass is 9.99. The topological polar surface area (TPSA) is 142 Å². The summed E-state index contributed by atoms with van der Waals surface area (Å²) in [6.45, 7) is 4.93. The van der Waals surface area contributed by atoms with Gasteiger partial charge in [0.05, 0.1) is 14.2 Å². The van der Waals surface area contributed by atoms with Crippen LogP contribution in [0.25, 0.3) is 0 Å². The molecule has 1 saturated heterocycles. The molecule has 3 N–H and O–H groups in total. The van der Waals surface area contributed by atoms with Crippen LogP contribution in [-0.4, -0.2) is 82.8 Å². The minimum atomic E-state index is -1.71. The van der Waals surface area contributed by atoms with Gasteiger partial charge in [-0.2, -0.15) is 4.39 Å². The van der Waals surface area contributed by atoms with Crippen LogP contribution in [0.15, 0.2) is 12.1 Å². The smallest absolute Gasteiger partial charge is 0.494 e. The Kier molecular flexibility index (Phi) is 8.71. The summed E-state index contributed by atoms with van der Waals surface area (Å²) in [6.07, 6.45) is -8.98. The van der Waals surface area contributed by atoms with Crippen molar-refractivity contribution in [3.8, 4) is 11.6 Å². The molecular weight excluding hydrogens is 486 g/mol. The van der Waals surface area contributed by atoms with Crippen LogP contribution in [0.3, 0.4) is 0 Å². The summed E-state index contributed by atoms with van der Waals surface area (Å²) in [4.78, 5) is 11.3. The molecule has 0 amide bonds. The molecule has 1 fully saturated rings. The number of aromatic nitrogens is 2. The first-order chi connectivity index (χ1) is 17.0. The summed E-state index contributed by atoms with van der Waals surface area (Å²) in [5.41, 5.74) is 0.979. The van der Waals surface area contributed by atoms with Crippen molar-refractivity contribution in [3.05, 3.63) is 40.6 Å². The quantitative estimate of drug-likeness (QED) is 0.443. The van der Waals surface area contributed by atoms with E-state index in [1.54, 1.807) is 11.6 Å². The van der Waals surface area contributed by atoms with Crippen molar-refractivity contribution in [2.75, 3.05) is 20.8 Å². The third-order valence-electron chi connectivity index (χ3n) is 5.87. The van der Waals surface area contributed by atoms with Gasteiger partial charge in [0, 0.05) is 23.7 Å². The van der Waals surface area contributed by atoms with Gasteiger partial charge in [0.25, 0.3) is 0 Å². The van der Waals surface area contributed by atoms with Crippen molar-refractivity contribution in [2.45, 2.75) is 63.9 Å². The van der Waals surface area contributed by atoms with E-state index >= 15 is 0 Å². The predicted molar refractivity (Wildman–Crippen MR) is 119 cm³/mol. The van der Waals surface area contributed by atoms with Crippen molar-refractivity contribution in [1.29, 1.82) is 0 Å². The van der Waals surface area contributed by atoms with Crippen molar-refractivity contribution >= 4 is 6.16 Å². The number of benzene rings is 1. The molecule has 1 aromatic carbocycles. The van der Waals surface area contributed by atoms with E-state index < -0.39 is 55.1 Å². The highest BCUT2D eigenvalue weighted by Gasteiger charge is 2.46. The first kappa shape index (κ1) is 27.6. The zero-order valence-electron chi connectivity index (χ0n) is 20.5. The van der Waals surface area contributed by atoms with Crippen molar-refractivity contribution in [1.82, 2.24) is 9.78 Å². The Morgan fingerprint density at radius 1 is 1.14 bits per heavy atom. The number of nitrogens with zero attached hydrogens (tertiary/aromatic N) is 2. The Morgan fingerprint density at radius 3 is 2.44 bits per heavy atom. The second-order valence-corrected chi connectivity index (χ2v) is 8.54. The van der Waals surface area contributed by atoms with Gasteiger partial charge < -0.3 is 39.0 Å². The van der Waals surface area contributed by atoms with Gasteiger partial charge in [-0.15, -0.1) is 5.10 Å². The van der Waals surface area contributed by atoms with Gasteiger partial charge in [-0.1, -0.05) is 6.07 Å². The van der Waals surface area contributed by atoms with E-state index in [0.717, 1.165) is 7.11 Å². The molecule has 3 rings (SSSR count). The van der Waals surface area contributed by atoms with E-state index in [1.165, 1.54) is 19.2 Å². The molecule has 11 nitrogen and oxygen atoms in total. The molecule has 200 valence electrons. The molecule has 36 heavy (non-hydrogen) atoms. The number of aliphatic hydroxyl groups excluding tert-OH is 3. The van der Waals surface area contributed by atoms with Crippen LogP contribution >= 0.6 is 0 Å². The summed E-state index contributed by atoms with van der Waals surface area (Å²) >= 11 is 0. The van der Waals surface area contributed by atoms with Crippen molar-refractivity contribution < 1.29 is 52.6 Å². The Bertz CT molecular complexity index is 1080. The zero-order valence-corrected chi connectivity index (χ0v) is 20.5. The summed E-state index contributed by atoms with van der Waals surface area (Å²) in [7, 11) is 2.32. The van der Waals surface area contributed by atoms with E-state index in [4.69, 9.17) is 18.9 Å². The molecule has 13 heteroatoms. The minimum Gasteiger partial charge on any atom is -0.494 e. The van der Waals surface area contributed by atoms with Gasteiger partial charge in [-0.05, 0) is 32.4 Å². The minimum absolute atomic E-state index is 0.00878. The maximum absolute atomic E-state index is 14.7.